The second kappa shape index (κ2) is 8.97. The lowest BCUT2D eigenvalue weighted by Crippen LogP contribution is -2.45. The van der Waals surface area contributed by atoms with Crippen LogP contribution in [0.4, 0.5) is 0 Å². The molecule has 0 N–H and O–H groups in total. The highest BCUT2D eigenvalue weighted by Crippen LogP contribution is 2.19. The Kier molecular flexibility index (Phi) is 8.46. The van der Waals surface area contributed by atoms with Crippen LogP contribution in [-0.4, -0.2) is 42.2 Å². The van der Waals surface area contributed by atoms with Crippen LogP contribution in [0.15, 0.2) is 12.4 Å². The Balaban J connectivity index is 0.000000631. The third-order valence-electron chi connectivity index (χ3n) is 3.06. The van der Waals surface area contributed by atoms with Crippen LogP contribution >= 0.6 is 0 Å². The van der Waals surface area contributed by atoms with Crippen LogP contribution in [0.3, 0.4) is 0 Å². The van der Waals surface area contributed by atoms with Gasteiger partial charge in [0.25, 0.3) is 0 Å². The van der Waals surface area contributed by atoms with E-state index in [-0.39, 0.29) is 0 Å². The van der Waals surface area contributed by atoms with Crippen LogP contribution in [0.5, 0.6) is 0 Å². The Labute approximate surface area is 111 Å². The lowest BCUT2D eigenvalue weighted by molar-refractivity contribution is -0.881. The van der Waals surface area contributed by atoms with Crippen molar-refractivity contribution in [3.63, 3.8) is 0 Å². The topological polar surface area (TPSA) is 43.4 Å². The molecule has 4 heteroatoms. The second-order valence-corrected chi connectivity index (χ2v) is 5.06. The number of hydrogen-bond donors (Lipinski definition) is 0. The third-order valence-corrected chi connectivity index (χ3v) is 3.06. The average Bonchev–Trinajstić information content (AvgIpc) is 2.66. The summed E-state index contributed by atoms with van der Waals surface area (Å²) in [6.45, 7) is 9.34. The second-order valence-electron chi connectivity index (χ2n) is 5.06. The molecule has 0 spiro atoms. The number of nitrogens with zero attached hydrogens (tertiary/aromatic N) is 2. The maximum absolute atomic E-state index is 8.89. The Hall–Kier alpha value is -1.03. The molecule has 0 saturated heterocycles. The molecule has 0 atom stereocenters. The summed E-state index contributed by atoms with van der Waals surface area (Å²) < 4.78 is 1.19. The van der Waals surface area contributed by atoms with Gasteiger partial charge in [-0.25, -0.2) is 0 Å². The average molecular weight is 256 g/mol. The number of quaternary nitrogens is 1. The van der Waals surface area contributed by atoms with Crippen LogP contribution in [0.25, 0.3) is 0 Å². The zero-order valence-electron chi connectivity index (χ0n) is 12.3. The fraction of sp³-hybridized carbons (Fsp3) is 0.786. The van der Waals surface area contributed by atoms with Crippen molar-refractivity contribution in [2.24, 2.45) is 0 Å². The fourth-order valence-electron chi connectivity index (χ4n) is 2.14. The van der Waals surface area contributed by atoms with E-state index in [0.717, 1.165) is 6.92 Å². The van der Waals surface area contributed by atoms with Crippen LogP contribution in [0.1, 0.15) is 46.5 Å². The van der Waals surface area contributed by atoms with E-state index in [1.165, 1.54) is 49.9 Å². The molecule has 0 radical (unpaired) electrons. The summed E-state index contributed by atoms with van der Waals surface area (Å²) in [6, 6.07) is 0. The smallest absolute Gasteiger partial charge is 0.158 e. The van der Waals surface area contributed by atoms with Gasteiger partial charge in [-0.1, -0.05) is 26.7 Å². The molecule has 0 aromatic rings. The number of rotatable bonds is 6. The molecule has 0 aliphatic carbocycles. The van der Waals surface area contributed by atoms with Crippen LogP contribution in [0, 0.1) is 0 Å². The van der Waals surface area contributed by atoms with Crippen molar-refractivity contribution >= 4 is 5.97 Å². The predicted molar refractivity (Wildman–Crippen MR) is 72.3 cm³/mol. The molecule has 0 fully saturated rings. The van der Waals surface area contributed by atoms with Crippen molar-refractivity contribution < 1.29 is 14.4 Å². The van der Waals surface area contributed by atoms with E-state index in [0.29, 0.717) is 0 Å². The summed E-state index contributed by atoms with van der Waals surface area (Å²) in [5.41, 5.74) is 0. The van der Waals surface area contributed by atoms with E-state index in [1.54, 1.807) is 0 Å². The Morgan fingerprint density at radius 2 is 1.72 bits per heavy atom. The van der Waals surface area contributed by atoms with E-state index >= 15 is 0 Å². The molecule has 1 rings (SSSR count). The van der Waals surface area contributed by atoms with E-state index in [2.05, 4.69) is 38.2 Å². The number of hydrogen-bond acceptors (Lipinski definition) is 3. The van der Waals surface area contributed by atoms with E-state index < -0.39 is 5.97 Å². The molecular weight excluding hydrogens is 228 g/mol. The molecule has 0 aromatic carbocycles. The first-order valence-electron chi connectivity index (χ1n) is 6.88. The van der Waals surface area contributed by atoms with Gasteiger partial charge in [0.05, 0.1) is 19.3 Å². The zero-order valence-corrected chi connectivity index (χ0v) is 12.3. The van der Waals surface area contributed by atoms with Crippen molar-refractivity contribution in [2.75, 3.05) is 26.8 Å². The first kappa shape index (κ1) is 17.0. The van der Waals surface area contributed by atoms with Crippen molar-refractivity contribution in [3.8, 4) is 0 Å². The van der Waals surface area contributed by atoms with Crippen LogP contribution in [0.2, 0.25) is 0 Å². The monoisotopic (exact) mass is 256 g/mol. The Morgan fingerprint density at radius 1 is 1.28 bits per heavy atom. The molecule has 4 nitrogen and oxygen atoms in total. The molecular formula is C14H28N2O2. The molecule has 1 aliphatic rings. The van der Waals surface area contributed by atoms with E-state index in [4.69, 9.17) is 9.90 Å². The van der Waals surface area contributed by atoms with Gasteiger partial charge >= 0.3 is 0 Å². The summed E-state index contributed by atoms with van der Waals surface area (Å²) >= 11 is 0. The minimum absolute atomic E-state index is 0.972. The van der Waals surface area contributed by atoms with Gasteiger partial charge in [0.15, 0.2) is 6.67 Å². The lowest BCUT2D eigenvalue weighted by atomic mass is 10.2. The minimum atomic E-state index is -1.08. The summed E-state index contributed by atoms with van der Waals surface area (Å²) in [5.74, 6) is -1.08. The number of carbonyl (C=O) groups is 1. The fourth-order valence-corrected chi connectivity index (χ4v) is 2.14. The zero-order chi connectivity index (χ0) is 14.0. The lowest BCUT2D eigenvalue weighted by Gasteiger charge is -2.32. The normalized spacial score (nSPS) is 16.3. The highest BCUT2D eigenvalue weighted by Gasteiger charge is 2.29. The molecule has 1 aliphatic heterocycles. The molecule has 0 bridgehead atoms. The minimum Gasteiger partial charge on any atom is -0.550 e. The van der Waals surface area contributed by atoms with Crippen LogP contribution in [-0.2, 0) is 4.79 Å². The summed E-state index contributed by atoms with van der Waals surface area (Å²) in [5, 5.41) is 8.89. The van der Waals surface area contributed by atoms with Crippen molar-refractivity contribution in [2.45, 2.75) is 46.5 Å². The number of aliphatic carboxylic acids is 1. The number of carboxylic acid groups (broad SMARTS) is 1. The first-order chi connectivity index (χ1) is 8.45. The van der Waals surface area contributed by atoms with Crippen molar-refractivity contribution in [1.29, 1.82) is 0 Å². The maximum Gasteiger partial charge on any atom is 0.158 e. The van der Waals surface area contributed by atoms with Gasteiger partial charge in [0.1, 0.15) is 6.20 Å². The third kappa shape index (κ3) is 7.33. The molecule has 0 amide bonds. The van der Waals surface area contributed by atoms with Gasteiger partial charge in [0, 0.05) is 13.0 Å². The molecule has 106 valence electrons. The molecule has 18 heavy (non-hydrogen) atoms. The standard InChI is InChI=1S/C12H25N2.C2H4O2/c1-4-6-9-14(10-7-5-2)11-8-13(3)12-14;1-2(3)4/h8,11H,4-7,9-10,12H2,1-3H3;1H3,(H,3,4)/q+1;/p-1. The van der Waals surface area contributed by atoms with Gasteiger partial charge in [-0.15, -0.1) is 0 Å². The largest absolute Gasteiger partial charge is 0.550 e. The molecule has 0 saturated carbocycles. The quantitative estimate of drug-likeness (QED) is 0.677. The number of unbranched alkanes of at least 4 members (excludes halogenated alkanes) is 2. The summed E-state index contributed by atoms with van der Waals surface area (Å²) in [6.07, 6.45) is 9.95. The molecule has 0 unspecified atom stereocenters. The van der Waals surface area contributed by atoms with Crippen molar-refractivity contribution in [1.82, 2.24) is 4.90 Å². The molecule has 1 heterocycles. The van der Waals surface area contributed by atoms with Crippen molar-refractivity contribution in [3.05, 3.63) is 12.4 Å². The first-order valence-corrected chi connectivity index (χ1v) is 6.88. The van der Waals surface area contributed by atoms with E-state index in [1.807, 2.05) is 0 Å². The Bertz CT molecular complexity index is 253. The SMILES string of the molecule is CC(=O)[O-].CCCC[N+]1(CCCC)C=CN(C)C1. The van der Waals surface area contributed by atoms with Gasteiger partial charge in [-0.05, 0) is 19.8 Å². The van der Waals surface area contributed by atoms with E-state index in [9.17, 15) is 0 Å². The maximum atomic E-state index is 8.89. The van der Waals surface area contributed by atoms with Crippen LogP contribution < -0.4 is 5.11 Å². The van der Waals surface area contributed by atoms with Gasteiger partial charge in [-0.3, -0.25) is 4.48 Å². The number of carbonyl (C=O) groups excluding carboxylic acids is 1. The number of carboxylic acids is 1. The summed E-state index contributed by atoms with van der Waals surface area (Å²) in [4.78, 5) is 11.2. The van der Waals surface area contributed by atoms with Gasteiger partial charge < -0.3 is 14.8 Å². The highest BCUT2D eigenvalue weighted by atomic mass is 16.4. The summed E-state index contributed by atoms with van der Waals surface area (Å²) in [7, 11) is 2.17. The van der Waals surface area contributed by atoms with Gasteiger partial charge in [0.2, 0.25) is 0 Å². The highest BCUT2D eigenvalue weighted by molar-refractivity contribution is 5.60. The predicted octanol–water partition coefficient (Wildman–Crippen LogP) is 1.53. The molecule has 0 aromatic heterocycles. The Morgan fingerprint density at radius 3 is 2.00 bits per heavy atom. The van der Waals surface area contributed by atoms with Gasteiger partial charge in [-0.2, -0.15) is 0 Å².